The number of carbonyl (C=O) groups excluding carboxylic acids is 1. The molecule has 0 spiro atoms. The van der Waals surface area contributed by atoms with Gasteiger partial charge in [-0.1, -0.05) is 5.10 Å². The molecule has 0 aliphatic carbocycles. The molecule has 1 amide bonds. The van der Waals surface area contributed by atoms with E-state index in [1.54, 1.807) is 24.0 Å². The van der Waals surface area contributed by atoms with Gasteiger partial charge < -0.3 is 19.2 Å². The minimum absolute atomic E-state index is 0.0000345. The molecule has 0 unspecified atom stereocenters. The largest absolute Gasteiger partial charge is 0.408 e. The highest BCUT2D eigenvalue weighted by Gasteiger charge is 2.24. The van der Waals surface area contributed by atoms with Crippen LogP contribution in [0.25, 0.3) is 10.9 Å². The van der Waals surface area contributed by atoms with Crippen LogP contribution < -0.4 is 10.5 Å². The van der Waals surface area contributed by atoms with Crippen LogP contribution in [0.4, 0.5) is 10.4 Å². The van der Waals surface area contributed by atoms with Gasteiger partial charge in [0.2, 0.25) is 11.8 Å². The van der Waals surface area contributed by atoms with E-state index in [1.165, 1.54) is 12.1 Å². The van der Waals surface area contributed by atoms with Crippen LogP contribution in [0.1, 0.15) is 17.9 Å². The first-order valence-electron chi connectivity index (χ1n) is 9.14. The second kappa shape index (κ2) is 7.41. The van der Waals surface area contributed by atoms with Crippen molar-refractivity contribution >= 4 is 22.8 Å². The van der Waals surface area contributed by atoms with E-state index in [0.717, 1.165) is 5.39 Å². The summed E-state index contributed by atoms with van der Waals surface area (Å²) in [6.07, 6.45) is 0.583. The predicted octanol–water partition coefficient (Wildman–Crippen LogP) is 1.64. The first-order valence-corrected chi connectivity index (χ1v) is 9.14. The van der Waals surface area contributed by atoms with Gasteiger partial charge in [-0.15, -0.1) is 5.10 Å². The topological polar surface area (TPSA) is 95.3 Å². The molecule has 28 heavy (non-hydrogen) atoms. The van der Waals surface area contributed by atoms with Crippen LogP contribution in [0.2, 0.25) is 0 Å². The fourth-order valence-corrected chi connectivity index (χ4v) is 3.36. The lowest BCUT2D eigenvalue weighted by molar-refractivity contribution is -0.131. The minimum atomic E-state index is -0.402. The van der Waals surface area contributed by atoms with Crippen LogP contribution in [0.3, 0.4) is 0 Å². The second-order valence-electron chi connectivity index (χ2n) is 6.83. The average Bonchev–Trinajstić information content (AvgIpc) is 3.12. The van der Waals surface area contributed by atoms with Crippen LogP contribution in [-0.2, 0) is 11.2 Å². The highest BCUT2D eigenvalue weighted by atomic mass is 19.1. The molecular weight excluding hydrogens is 365 g/mol. The van der Waals surface area contributed by atoms with Crippen LogP contribution in [0.15, 0.2) is 33.5 Å². The lowest BCUT2D eigenvalue weighted by Gasteiger charge is -2.33. The van der Waals surface area contributed by atoms with Gasteiger partial charge in [-0.05, 0) is 36.1 Å². The highest BCUT2D eigenvalue weighted by molar-refractivity contribution is 5.79. The number of nitrogens with one attached hydrogen (secondary N) is 1. The fraction of sp³-hybridized carbons (Fsp3) is 0.368. The van der Waals surface area contributed by atoms with Gasteiger partial charge in [0.05, 0.1) is 5.52 Å². The van der Waals surface area contributed by atoms with Gasteiger partial charge in [0.15, 0.2) is 0 Å². The lowest BCUT2D eigenvalue weighted by atomic mass is 10.1. The van der Waals surface area contributed by atoms with Crippen molar-refractivity contribution in [2.75, 3.05) is 31.1 Å². The third-order valence-electron chi connectivity index (χ3n) is 4.91. The molecule has 0 bridgehead atoms. The number of aryl methyl sites for hydroxylation is 2. The first-order chi connectivity index (χ1) is 13.5. The molecule has 8 nitrogen and oxygen atoms in total. The molecule has 1 fully saturated rings. The maximum atomic E-state index is 13.3. The number of anilines is 1. The SMILES string of the molecule is Cc1nnc(N2CCN(C(=O)CCc3cc4ccc(F)cc4[nH]c3=O)CC2)o1. The Balaban J connectivity index is 1.36. The van der Waals surface area contributed by atoms with Crippen molar-refractivity contribution in [2.24, 2.45) is 0 Å². The fourth-order valence-electron chi connectivity index (χ4n) is 3.36. The normalized spacial score (nSPS) is 14.6. The zero-order valence-electron chi connectivity index (χ0n) is 15.4. The number of fused-ring (bicyclic) bond motifs is 1. The monoisotopic (exact) mass is 385 g/mol. The number of rotatable bonds is 4. The number of aromatic amines is 1. The molecule has 3 aromatic rings. The van der Waals surface area contributed by atoms with E-state index in [-0.39, 0.29) is 17.9 Å². The van der Waals surface area contributed by atoms with Crippen LogP contribution >= 0.6 is 0 Å². The van der Waals surface area contributed by atoms with E-state index >= 15 is 0 Å². The molecule has 4 rings (SSSR count). The van der Waals surface area contributed by atoms with Crippen LogP contribution in [0.5, 0.6) is 0 Å². The van der Waals surface area contributed by atoms with E-state index < -0.39 is 5.82 Å². The van der Waals surface area contributed by atoms with Gasteiger partial charge in [0.1, 0.15) is 5.82 Å². The Hall–Kier alpha value is -3.23. The number of hydrogen-bond donors (Lipinski definition) is 1. The molecule has 0 radical (unpaired) electrons. The zero-order valence-corrected chi connectivity index (χ0v) is 15.4. The summed E-state index contributed by atoms with van der Waals surface area (Å²) in [5.41, 5.74) is 0.683. The Bertz CT molecular complexity index is 1070. The number of H-pyrrole nitrogens is 1. The summed E-state index contributed by atoms with van der Waals surface area (Å²) < 4.78 is 18.7. The molecule has 0 atom stereocenters. The molecule has 1 aromatic carbocycles. The van der Waals surface area contributed by atoms with Gasteiger partial charge in [0, 0.05) is 45.1 Å². The molecule has 3 heterocycles. The van der Waals surface area contributed by atoms with Gasteiger partial charge >= 0.3 is 6.01 Å². The minimum Gasteiger partial charge on any atom is -0.408 e. The summed E-state index contributed by atoms with van der Waals surface area (Å²) in [7, 11) is 0. The second-order valence-corrected chi connectivity index (χ2v) is 6.83. The number of hydrogen-bond acceptors (Lipinski definition) is 6. The summed E-state index contributed by atoms with van der Waals surface area (Å²) in [6, 6.07) is 6.45. The summed E-state index contributed by atoms with van der Waals surface area (Å²) in [4.78, 5) is 31.2. The van der Waals surface area contributed by atoms with Crippen molar-refractivity contribution in [1.82, 2.24) is 20.1 Å². The van der Waals surface area contributed by atoms with Crippen molar-refractivity contribution in [3.63, 3.8) is 0 Å². The van der Waals surface area contributed by atoms with Crippen molar-refractivity contribution in [3.8, 4) is 0 Å². The van der Waals surface area contributed by atoms with Gasteiger partial charge in [-0.2, -0.15) is 0 Å². The van der Waals surface area contributed by atoms with E-state index in [9.17, 15) is 14.0 Å². The smallest absolute Gasteiger partial charge is 0.318 e. The van der Waals surface area contributed by atoms with Crippen LogP contribution in [0, 0.1) is 12.7 Å². The molecule has 2 aromatic heterocycles. The molecule has 9 heteroatoms. The molecule has 146 valence electrons. The number of amides is 1. The van der Waals surface area contributed by atoms with Crippen molar-refractivity contribution < 1.29 is 13.6 Å². The number of carbonyl (C=O) groups is 1. The third kappa shape index (κ3) is 3.73. The Morgan fingerprint density at radius 2 is 2.00 bits per heavy atom. The zero-order chi connectivity index (χ0) is 19.7. The maximum absolute atomic E-state index is 13.3. The summed E-state index contributed by atoms with van der Waals surface area (Å²) >= 11 is 0. The number of benzene rings is 1. The number of piperazine rings is 1. The van der Waals surface area contributed by atoms with Gasteiger partial charge in [-0.25, -0.2) is 4.39 Å². The average molecular weight is 385 g/mol. The van der Waals surface area contributed by atoms with Crippen molar-refractivity contribution in [3.05, 3.63) is 51.9 Å². The molecular formula is C19H20FN5O3. The number of halogens is 1. The molecule has 0 saturated carbocycles. The first kappa shape index (κ1) is 18.1. The van der Waals surface area contributed by atoms with Gasteiger partial charge in [0.25, 0.3) is 5.56 Å². The summed E-state index contributed by atoms with van der Waals surface area (Å²) in [5.74, 6) is 0.109. The van der Waals surface area contributed by atoms with E-state index in [4.69, 9.17) is 4.42 Å². The number of nitrogens with zero attached hydrogens (tertiary/aromatic N) is 4. The molecule has 1 aliphatic heterocycles. The molecule has 1 saturated heterocycles. The van der Waals surface area contributed by atoms with E-state index in [2.05, 4.69) is 15.2 Å². The molecule has 1 N–H and O–H groups in total. The standard InChI is InChI=1S/C19H20FN5O3/c1-12-22-23-19(28-12)25-8-6-24(7-9-25)17(26)5-3-14-10-13-2-4-15(20)11-16(13)21-18(14)27/h2,4,10-11H,3,5-9H2,1H3,(H,21,27). The Morgan fingerprint density at radius 1 is 1.21 bits per heavy atom. The lowest BCUT2D eigenvalue weighted by Crippen LogP contribution is -2.49. The van der Waals surface area contributed by atoms with Crippen LogP contribution in [-0.4, -0.2) is 52.2 Å². The quantitative estimate of drug-likeness (QED) is 0.734. The van der Waals surface area contributed by atoms with Gasteiger partial charge in [-0.3, -0.25) is 9.59 Å². The van der Waals surface area contributed by atoms with E-state index in [0.29, 0.717) is 55.6 Å². The summed E-state index contributed by atoms with van der Waals surface area (Å²) in [6.45, 7) is 4.10. The van der Waals surface area contributed by atoms with E-state index in [1.807, 2.05) is 4.90 Å². The number of aromatic nitrogens is 3. The maximum Gasteiger partial charge on any atom is 0.318 e. The summed E-state index contributed by atoms with van der Waals surface area (Å²) in [5, 5.41) is 8.56. The Kier molecular flexibility index (Phi) is 4.81. The van der Waals surface area contributed by atoms with Crippen molar-refractivity contribution in [1.29, 1.82) is 0 Å². The Labute approximate surface area is 160 Å². The molecule has 1 aliphatic rings. The number of pyridine rings is 1. The third-order valence-corrected chi connectivity index (χ3v) is 4.91. The Morgan fingerprint density at radius 3 is 2.71 bits per heavy atom. The van der Waals surface area contributed by atoms with Crippen molar-refractivity contribution in [2.45, 2.75) is 19.8 Å². The predicted molar refractivity (Wildman–Crippen MR) is 101 cm³/mol. The highest BCUT2D eigenvalue weighted by Crippen LogP contribution is 2.16.